The highest BCUT2D eigenvalue weighted by Gasteiger charge is 2.41. The van der Waals surface area contributed by atoms with Gasteiger partial charge in [0.25, 0.3) is 5.91 Å². The lowest BCUT2D eigenvalue weighted by atomic mass is 9.92. The Labute approximate surface area is 164 Å². The molecule has 146 valence electrons. The maximum Gasteiger partial charge on any atom is 0.255 e. The number of fused-ring (bicyclic) bond motifs is 1. The van der Waals surface area contributed by atoms with Crippen LogP contribution in [0.3, 0.4) is 0 Å². The second-order valence-corrected chi connectivity index (χ2v) is 7.41. The van der Waals surface area contributed by atoms with Crippen LogP contribution in [0, 0.1) is 0 Å². The summed E-state index contributed by atoms with van der Waals surface area (Å²) in [4.78, 5) is 27.1. The Hall–Kier alpha value is -3.02. The highest BCUT2D eigenvalue weighted by molar-refractivity contribution is 5.97. The van der Waals surface area contributed by atoms with Gasteiger partial charge < -0.3 is 19.7 Å². The molecule has 0 radical (unpaired) electrons. The lowest BCUT2D eigenvalue weighted by Gasteiger charge is -2.42. The number of likely N-dealkylation sites (tertiary alicyclic amines) is 1. The summed E-state index contributed by atoms with van der Waals surface area (Å²) in [6, 6.07) is 14.8. The Morgan fingerprint density at radius 1 is 1.21 bits per heavy atom. The van der Waals surface area contributed by atoms with Gasteiger partial charge in [-0.05, 0) is 42.7 Å². The number of methoxy groups -OCH3 is 1. The van der Waals surface area contributed by atoms with Crippen LogP contribution in [0.4, 0.5) is 0 Å². The molecule has 6 heteroatoms. The molecule has 4 rings (SSSR count). The first-order chi connectivity index (χ1) is 13.6. The molecule has 0 saturated carbocycles. The first kappa shape index (κ1) is 18.3. The second kappa shape index (κ2) is 7.54. The van der Waals surface area contributed by atoms with Crippen molar-refractivity contribution < 1.29 is 19.1 Å². The molecule has 0 aromatic heterocycles. The van der Waals surface area contributed by atoms with E-state index < -0.39 is 5.60 Å². The van der Waals surface area contributed by atoms with Gasteiger partial charge in [-0.2, -0.15) is 0 Å². The first-order valence-corrected chi connectivity index (χ1v) is 9.55. The van der Waals surface area contributed by atoms with Crippen molar-refractivity contribution in [3.05, 3.63) is 59.7 Å². The number of hydrogen-bond acceptors (Lipinski definition) is 4. The van der Waals surface area contributed by atoms with Crippen LogP contribution < -0.4 is 14.8 Å². The van der Waals surface area contributed by atoms with Crippen LogP contribution in [-0.4, -0.2) is 49.1 Å². The van der Waals surface area contributed by atoms with Crippen LogP contribution in [-0.2, 0) is 11.2 Å². The van der Waals surface area contributed by atoms with Gasteiger partial charge in [-0.15, -0.1) is 0 Å². The summed E-state index contributed by atoms with van der Waals surface area (Å²) in [5.74, 6) is 1.29. The average Bonchev–Trinajstić information content (AvgIpc) is 2.85. The summed E-state index contributed by atoms with van der Waals surface area (Å²) >= 11 is 0. The van der Waals surface area contributed by atoms with E-state index in [2.05, 4.69) is 5.32 Å². The molecular formula is C22H24N2O4. The molecule has 2 aromatic carbocycles. The van der Waals surface area contributed by atoms with Crippen molar-refractivity contribution in [1.29, 1.82) is 0 Å². The molecule has 0 aliphatic carbocycles. The minimum absolute atomic E-state index is 0.0664. The summed E-state index contributed by atoms with van der Waals surface area (Å²) < 4.78 is 11.5. The fourth-order valence-electron chi connectivity index (χ4n) is 3.92. The highest BCUT2D eigenvalue weighted by Crippen LogP contribution is 2.32. The zero-order chi connectivity index (χ0) is 19.6. The normalized spacial score (nSPS) is 21.3. The van der Waals surface area contributed by atoms with Crippen molar-refractivity contribution in [2.45, 2.75) is 24.9 Å². The standard InChI is InChI=1S/C22H24N2O4/c1-27-17-9-7-16(8-10-17)13-20(25)24-12-4-11-22(15-24)14-23-21(26)18-5-2-3-6-19(18)28-22/h2-3,5-10H,4,11-15H2,1H3,(H,23,26). The predicted octanol–water partition coefficient (Wildman–Crippen LogP) is 2.42. The number of ether oxygens (including phenoxy) is 2. The van der Waals surface area contributed by atoms with Crippen molar-refractivity contribution in [1.82, 2.24) is 10.2 Å². The summed E-state index contributed by atoms with van der Waals surface area (Å²) in [5.41, 5.74) is 0.905. The van der Waals surface area contributed by atoms with Gasteiger partial charge in [-0.3, -0.25) is 9.59 Å². The average molecular weight is 380 g/mol. The molecule has 1 unspecified atom stereocenters. The molecule has 1 fully saturated rings. The number of nitrogens with one attached hydrogen (secondary N) is 1. The summed E-state index contributed by atoms with van der Waals surface area (Å²) in [6.07, 6.45) is 1.98. The van der Waals surface area contributed by atoms with Crippen LogP contribution in [0.15, 0.2) is 48.5 Å². The molecule has 1 spiro atoms. The van der Waals surface area contributed by atoms with Crippen LogP contribution in [0.2, 0.25) is 0 Å². The molecule has 1 N–H and O–H groups in total. The molecule has 2 aromatic rings. The Morgan fingerprint density at radius 3 is 2.79 bits per heavy atom. The van der Waals surface area contributed by atoms with E-state index in [-0.39, 0.29) is 11.8 Å². The largest absolute Gasteiger partial charge is 0.497 e. The predicted molar refractivity (Wildman–Crippen MR) is 105 cm³/mol. The molecule has 1 atom stereocenters. The van der Waals surface area contributed by atoms with Crippen molar-refractivity contribution in [2.24, 2.45) is 0 Å². The Morgan fingerprint density at radius 2 is 2.00 bits per heavy atom. The van der Waals surface area contributed by atoms with E-state index >= 15 is 0 Å². The van der Waals surface area contributed by atoms with Crippen molar-refractivity contribution >= 4 is 11.8 Å². The van der Waals surface area contributed by atoms with E-state index in [9.17, 15) is 9.59 Å². The molecular weight excluding hydrogens is 356 g/mol. The molecule has 2 aliphatic rings. The summed E-state index contributed by atoms with van der Waals surface area (Å²) in [7, 11) is 1.62. The number of hydrogen-bond donors (Lipinski definition) is 1. The molecule has 1 saturated heterocycles. The topological polar surface area (TPSA) is 67.9 Å². The van der Waals surface area contributed by atoms with Gasteiger partial charge in [0, 0.05) is 6.54 Å². The maximum absolute atomic E-state index is 12.9. The fraction of sp³-hybridized carbons (Fsp3) is 0.364. The maximum atomic E-state index is 12.9. The van der Waals surface area contributed by atoms with E-state index in [1.165, 1.54) is 0 Å². The third kappa shape index (κ3) is 3.67. The van der Waals surface area contributed by atoms with Crippen LogP contribution in [0.1, 0.15) is 28.8 Å². The lowest BCUT2D eigenvalue weighted by Crippen LogP contribution is -2.58. The van der Waals surface area contributed by atoms with E-state index in [1.807, 2.05) is 47.4 Å². The van der Waals surface area contributed by atoms with Gasteiger partial charge >= 0.3 is 0 Å². The summed E-state index contributed by atoms with van der Waals surface area (Å²) in [6.45, 7) is 1.57. The Balaban J connectivity index is 1.49. The highest BCUT2D eigenvalue weighted by atomic mass is 16.5. The quantitative estimate of drug-likeness (QED) is 0.888. The van der Waals surface area contributed by atoms with Crippen molar-refractivity contribution in [3.8, 4) is 11.5 Å². The van der Waals surface area contributed by atoms with E-state index in [4.69, 9.17) is 9.47 Å². The van der Waals surface area contributed by atoms with Gasteiger partial charge in [0.05, 0.1) is 32.2 Å². The van der Waals surface area contributed by atoms with Gasteiger partial charge in [0.2, 0.25) is 5.91 Å². The third-order valence-electron chi connectivity index (χ3n) is 5.44. The minimum Gasteiger partial charge on any atom is -0.497 e. The fourth-order valence-corrected chi connectivity index (χ4v) is 3.92. The Bertz CT molecular complexity index is 880. The van der Waals surface area contributed by atoms with Gasteiger partial charge in [0.1, 0.15) is 17.1 Å². The van der Waals surface area contributed by atoms with E-state index in [0.717, 1.165) is 24.2 Å². The van der Waals surface area contributed by atoms with E-state index in [0.29, 0.717) is 37.4 Å². The zero-order valence-corrected chi connectivity index (χ0v) is 15.9. The third-order valence-corrected chi connectivity index (χ3v) is 5.44. The molecule has 28 heavy (non-hydrogen) atoms. The molecule has 6 nitrogen and oxygen atoms in total. The van der Waals surface area contributed by atoms with Crippen LogP contribution in [0.5, 0.6) is 11.5 Å². The van der Waals surface area contributed by atoms with Crippen LogP contribution in [0.25, 0.3) is 0 Å². The van der Waals surface area contributed by atoms with Gasteiger partial charge in [0.15, 0.2) is 0 Å². The SMILES string of the molecule is COc1ccc(CC(=O)N2CCCC3(CNC(=O)c4ccccc4O3)C2)cc1. The van der Waals surface area contributed by atoms with E-state index in [1.54, 1.807) is 13.2 Å². The second-order valence-electron chi connectivity index (χ2n) is 7.41. The first-order valence-electron chi connectivity index (χ1n) is 9.55. The number of carbonyl (C=O) groups excluding carboxylic acids is 2. The lowest BCUT2D eigenvalue weighted by molar-refractivity contribution is -0.136. The minimum atomic E-state index is -0.587. The monoisotopic (exact) mass is 380 g/mol. The van der Waals surface area contributed by atoms with Gasteiger partial charge in [-0.1, -0.05) is 24.3 Å². The van der Waals surface area contributed by atoms with Gasteiger partial charge in [-0.25, -0.2) is 0 Å². The molecule has 0 bridgehead atoms. The number of rotatable bonds is 3. The smallest absolute Gasteiger partial charge is 0.255 e. The van der Waals surface area contributed by atoms with Crippen molar-refractivity contribution in [2.75, 3.05) is 26.7 Å². The number of piperidine rings is 1. The molecule has 2 heterocycles. The number of benzene rings is 2. The number of carbonyl (C=O) groups is 2. The number of amides is 2. The molecule has 2 aliphatic heterocycles. The summed E-state index contributed by atoms with van der Waals surface area (Å²) in [5, 5.41) is 2.97. The van der Waals surface area contributed by atoms with Crippen LogP contribution >= 0.6 is 0 Å². The number of nitrogens with zero attached hydrogens (tertiary/aromatic N) is 1. The molecule has 2 amide bonds. The number of para-hydroxylation sites is 1. The zero-order valence-electron chi connectivity index (χ0n) is 15.9. The Kier molecular flexibility index (Phi) is 4.94. The van der Waals surface area contributed by atoms with Crippen molar-refractivity contribution in [3.63, 3.8) is 0 Å².